The summed E-state index contributed by atoms with van der Waals surface area (Å²) in [5.74, 6) is 0.271. The molecule has 2 saturated heterocycles. The van der Waals surface area contributed by atoms with Gasteiger partial charge in [-0.1, -0.05) is 0 Å². The van der Waals surface area contributed by atoms with E-state index in [9.17, 15) is 4.79 Å². The predicted molar refractivity (Wildman–Crippen MR) is 74.1 cm³/mol. The summed E-state index contributed by atoms with van der Waals surface area (Å²) in [4.78, 5) is 13.9. The van der Waals surface area contributed by atoms with E-state index in [0.29, 0.717) is 18.6 Å². The molecule has 2 aliphatic heterocycles. The maximum Gasteiger partial charge on any atom is 0.222 e. The summed E-state index contributed by atoms with van der Waals surface area (Å²) in [5, 5.41) is 3.30. The van der Waals surface area contributed by atoms with Crippen LogP contribution >= 0.6 is 12.4 Å². The molecule has 4 nitrogen and oxygen atoms in total. The van der Waals surface area contributed by atoms with Gasteiger partial charge in [0.25, 0.3) is 0 Å². The molecule has 106 valence electrons. The van der Waals surface area contributed by atoms with Gasteiger partial charge in [-0.05, 0) is 38.6 Å². The largest absolute Gasteiger partial charge is 0.378 e. The second-order valence-corrected chi connectivity index (χ2v) is 5.18. The van der Waals surface area contributed by atoms with Gasteiger partial charge in [-0.25, -0.2) is 0 Å². The minimum atomic E-state index is 0. The van der Waals surface area contributed by atoms with Crippen LogP contribution in [0.3, 0.4) is 0 Å². The molecule has 0 aromatic rings. The first-order valence-electron chi connectivity index (χ1n) is 6.85. The number of rotatable bonds is 4. The number of likely N-dealkylation sites (N-methyl/N-ethyl adjacent to an activating group) is 1. The van der Waals surface area contributed by atoms with Crippen LogP contribution in [0.1, 0.15) is 38.5 Å². The minimum Gasteiger partial charge on any atom is -0.378 e. The standard InChI is InChI=1S/C13H24N2O2.ClH/c1-15(11-7-8-14-10-11)13(16)6-5-12-4-2-3-9-17-12;/h11-12,14H,2-10H2,1H3;1H. The quantitative estimate of drug-likeness (QED) is 0.848. The molecule has 0 aliphatic carbocycles. The SMILES string of the molecule is CN(C(=O)CCC1CCCCO1)C1CCNC1.Cl. The van der Waals surface area contributed by atoms with Gasteiger partial charge < -0.3 is 15.0 Å². The summed E-state index contributed by atoms with van der Waals surface area (Å²) in [5.41, 5.74) is 0. The van der Waals surface area contributed by atoms with E-state index in [2.05, 4.69) is 5.32 Å². The van der Waals surface area contributed by atoms with Gasteiger partial charge in [0.1, 0.15) is 0 Å². The topological polar surface area (TPSA) is 41.6 Å². The molecular weight excluding hydrogens is 252 g/mol. The van der Waals surface area contributed by atoms with E-state index >= 15 is 0 Å². The fourth-order valence-electron chi connectivity index (χ4n) is 2.67. The van der Waals surface area contributed by atoms with Crippen LogP contribution in [0.4, 0.5) is 0 Å². The van der Waals surface area contributed by atoms with Gasteiger partial charge in [0.15, 0.2) is 0 Å². The molecule has 0 aromatic heterocycles. The molecule has 0 radical (unpaired) electrons. The summed E-state index contributed by atoms with van der Waals surface area (Å²) in [7, 11) is 1.93. The Kier molecular flexibility index (Phi) is 6.97. The molecular formula is C13H25ClN2O2. The maximum absolute atomic E-state index is 12.0. The number of hydrogen-bond donors (Lipinski definition) is 1. The summed E-state index contributed by atoms with van der Waals surface area (Å²) >= 11 is 0. The van der Waals surface area contributed by atoms with Crippen molar-refractivity contribution in [1.29, 1.82) is 0 Å². The predicted octanol–water partition coefficient (Wildman–Crippen LogP) is 1.58. The second kappa shape index (κ2) is 7.97. The van der Waals surface area contributed by atoms with Crippen LogP contribution in [0.15, 0.2) is 0 Å². The van der Waals surface area contributed by atoms with Gasteiger partial charge in [-0.15, -0.1) is 12.4 Å². The fourth-order valence-corrected chi connectivity index (χ4v) is 2.67. The number of nitrogens with one attached hydrogen (secondary N) is 1. The van der Waals surface area contributed by atoms with Crippen molar-refractivity contribution in [2.75, 3.05) is 26.7 Å². The van der Waals surface area contributed by atoms with Crippen molar-refractivity contribution in [3.63, 3.8) is 0 Å². The van der Waals surface area contributed by atoms with Crippen molar-refractivity contribution in [1.82, 2.24) is 10.2 Å². The van der Waals surface area contributed by atoms with E-state index < -0.39 is 0 Å². The lowest BCUT2D eigenvalue weighted by atomic mass is 10.0. The lowest BCUT2D eigenvalue weighted by Crippen LogP contribution is -2.38. The number of hydrogen-bond acceptors (Lipinski definition) is 3. The maximum atomic E-state index is 12.0. The molecule has 0 aromatic carbocycles. The number of ether oxygens (including phenoxy) is 1. The Bertz CT molecular complexity index is 251. The molecule has 5 heteroatoms. The van der Waals surface area contributed by atoms with Crippen LogP contribution in [-0.4, -0.2) is 49.7 Å². The van der Waals surface area contributed by atoms with Crippen LogP contribution in [0.2, 0.25) is 0 Å². The van der Waals surface area contributed by atoms with Gasteiger partial charge in [-0.2, -0.15) is 0 Å². The molecule has 18 heavy (non-hydrogen) atoms. The van der Waals surface area contributed by atoms with E-state index in [1.165, 1.54) is 12.8 Å². The summed E-state index contributed by atoms with van der Waals surface area (Å²) < 4.78 is 5.65. The molecule has 2 heterocycles. The molecule has 0 spiro atoms. The van der Waals surface area contributed by atoms with Gasteiger partial charge in [-0.3, -0.25) is 4.79 Å². The number of nitrogens with zero attached hydrogens (tertiary/aromatic N) is 1. The lowest BCUT2D eigenvalue weighted by molar-refractivity contribution is -0.132. The fraction of sp³-hybridized carbons (Fsp3) is 0.923. The molecule has 0 saturated carbocycles. The number of amides is 1. The third-order valence-electron chi connectivity index (χ3n) is 3.93. The summed E-state index contributed by atoms with van der Waals surface area (Å²) in [6, 6.07) is 0.398. The highest BCUT2D eigenvalue weighted by molar-refractivity contribution is 5.85. The summed E-state index contributed by atoms with van der Waals surface area (Å²) in [6.07, 6.45) is 6.49. The first kappa shape index (κ1) is 15.7. The van der Waals surface area contributed by atoms with Crippen molar-refractivity contribution >= 4 is 18.3 Å². The lowest BCUT2D eigenvalue weighted by Gasteiger charge is -2.26. The Labute approximate surface area is 116 Å². The molecule has 2 unspecified atom stereocenters. The Hall–Kier alpha value is -0.320. The Balaban J connectivity index is 0.00000162. The van der Waals surface area contributed by atoms with Crippen molar-refractivity contribution in [3.05, 3.63) is 0 Å². The third kappa shape index (κ3) is 4.41. The van der Waals surface area contributed by atoms with Crippen LogP contribution < -0.4 is 5.32 Å². The minimum absolute atomic E-state index is 0. The molecule has 2 rings (SSSR count). The highest BCUT2D eigenvalue weighted by Crippen LogP contribution is 2.18. The zero-order valence-electron chi connectivity index (χ0n) is 11.2. The van der Waals surface area contributed by atoms with Crippen molar-refractivity contribution in [3.8, 4) is 0 Å². The number of carbonyl (C=O) groups is 1. The van der Waals surface area contributed by atoms with Crippen LogP contribution in [0.5, 0.6) is 0 Å². The van der Waals surface area contributed by atoms with E-state index in [0.717, 1.165) is 39.0 Å². The zero-order valence-corrected chi connectivity index (χ0v) is 12.0. The number of carbonyl (C=O) groups excluding carboxylic acids is 1. The van der Waals surface area contributed by atoms with Crippen molar-refractivity contribution in [2.24, 2.45) is 0 Å². The van der Waals surface area contributed by atoms with Crippen LogP contribution in [0.25, 0.3) is 0 Å². The summed E-state index contributed by atoms with van der Waals surface area (Å²) in [6.45, 7) is 2.86. The zero-order chi connectivity index (χ0) is 12.1. The molecule has 2 fully saturated rings. The van der Waals surface area contributed by atoms with Gasteiger partial charge in [0.2, 0.25) is 5.91 Å². The van der Waals surface area contributed by atoms with E-state index in [1.54, 1.807) is 0 Å². The van der Waals surface area contributed by atoms with E-state index in [1.807, 2.05) is 11.9 Å². The van der Waals surface area contributed by atoms with Gasteiger partial charge in [0.05, 0.1) is 6.10 Å². The second-order valence-electron chi connectivity index (χ2n) is 5.18. The Morgan fingerprint density at radius 1 is 1.39 bits per heavy atom. The first-order chi connectivity index (χ1) is 8.27. The Morgan fingerprint density at radius 2 is 2.22 bits per heavy atom. The highest BCUT2D eigenvalue weighted by atomic mass is 35.5. The van der Waals surface area contributed by atoms with E-state index in [-0.39, 0.29) is 18.3 Å². The first-order valence-corrected chi connectivity index (χ1v) is 6.85. The average molecular weight is 277 g/mol. The number of halogens is 1. The molecule has 2 aliphatic rings. The highest BCUT2D eigenvalue weighted by Gasteiger charge is 2.24. The van der Waals surface area contributed by atoms with Gasteiger partial charge >= 0.3 is 0 Å². The van der Waals surface area contributed by atoms with Crippen molar-refractivity contribution < 1.29 is 9.53 Å². The van der Waals surface area contributed by atoms with Gasteiger partial charge in [0, 0.05) is 32.7 Å². The third-order valence-corrected chi connectivity index (χ3v) is 3.93. The smallest absolute Gasteiger partial charge is 0.222 e. The van der Waals surface area contributed by atoms with Crippen molar-refractivity contribution in [2.45, 2.75) is 50.7 Å². The Morgan fingerprint density at radius 3 is 2.83 bits per heavy atom. The molecule has 2 atom stereocenters. The average Bonchev–Trinajstić information content (AvgIpc) is 2.90. The van der Waals surface area contributed by atoms with Crippen LogP contribution in [-0.2, 0) is 9.53 Å². The normalized spacial score (nSPS) is 27.6. The monoisotopic (exact) mass is 276 g/mol. The van der Waals surface area contributed by atoms with Crippen LogP contribution in [0, 0.1) is 0 Å². The molecule has 1 amide bonds. The molecule has 0 bridgehead atoms. The van der Waals surface area contributed by atoms with E-state index in [4.69, 9.17) is 4.74 Å². The molecule has 1 N–H and O–H groups in total.